The number of nitrogens with zero attached hydrogens (tertiary/aromatic N) is 5. The molecule has 0 unspecified atom stereocenters. The van der Waals surface area contributed by atoms with Crippen molar-refractivity contribution >= 4 is 10.9 Å². The minimum Gasteiger partial charge on any atom is -0.248 e. The van der Waals surface area contributed by atoms with Gasteiger partial charge in [-0.05, 0) is 52.2 Å². The predicted octanol–water partition coefficient (Wildman–Crippen LogP) is 7.70. The molecule has 0 spiro atoms. The molecule has 0 aliphatic carbocycles. The van der Waals surface area contributed by atoms with Crippen molar-refractivity contribution in [2.75, 3.05) is 0 Å². The number of fused-ring (bicyclic) bond motifs is 1. The zero-order chi connectivity index (χ0) is 27.6. The molecule has 2 heterocycles. The van der Waals surface area contributed by atoms with Crippen LogP contribution >= 0.6 is 0 Å². The van der Waals surface area contributed by atoms with Crippen molar-refractivity contribution in [1.82, 2.24) is 25.2 Å². The molecular weight excluding hydrogens is 502 g/mol. The third-order valence-electron chi connectivity index (χ3n) is 7.65. The van der Waals surface area contributed by atoms with Crippen LogP contribution in [0.15, 0.2) is 146 Å². The Morgan fingerprint density at radius 3 is 1.73 bits per heavy atom. The number of tetrazole rings is 1. The number of benzene rings is 5. The summed E-state index contributed by atoms with van der Waals surface area (Å²) in [5, 5.41) is 14.8. The van der Waals surface area contributed by atoms with Gasteiger partial charge in [0.1, 0.15) is 5.54 Å². The molecule has 2 aromatic heterocycles. The molecular formula is C36H27N5. The van der Waals surface area contributed by atoms with Crippen molar-refractivity contribution < 1.29 is 0 Å². The minimum atomic E-state index is -0.829. The maximum absolute atomic E-state index is 5.05. The highest BCUT2D eigenvalue weighted by Gasteiger charge is 2.42. The van der Waals surface area contributed by atoms with Gasteiger partial charge in [-0.2, -0.15) is 0 Å². The number of aryl methyl sites for hydroxylation is 1. The molecule has 5 heteroatoms. The SMILES string of the molecule is Cc1ccc2nc(-c3ccccc3-c3nnnn3C(c3ccccc3)(c3ccccc3)c3ccccc3)ccc2c1. The molecule has 0 aliphatic rings. The molecule has 0 aliphatic heterocycles. The molecule has 7 rings (SSSR count). The van der Waals surface area contributed by atoms with Gasteiger partial charge in [0.25, 0.3) is 0 Å². The van der Waals surface area contributed by atoms with Gasteiger partial charge < -0.3 is 0 Å². The third-order valence-corrected chi connectivity index (χ3v) is 7.65. The Balaban J connectivity index is 1.51. The standard InChI is InChI=1S/C36H27N5/c1-26-21-23-33-27(25-26)22-24-34(37-33)31-19-11-12-20-32(31)35-38-39-40-41(35)36(28-13-5-2-6-14-28,29-15-7-3-8-16-29)30-17-9-4-10-18-30/h2-25H,1H3. The van der Waals surface area contributed by atoms with E-state index >= 15 is 0 Å². The summed E-state index contributed by atoms with van der Waals surface area (Å²) in [5.41, 5.74) is 7.26. The summed E-state index contributed by atoms with van der Waals surface area (Å²) in [6.07, 6.45) is 0. The first-order chi connectivity index (χ1) is 20.2. The molecule has 0 amide bonds. The molecule has 0 bridgehead atoms. The molecule has 196 valence electrons. The van der Waals surface area contributed by atoms with Gasteiger partial charge in [0.05, 0.1) is 11.2 Å². The first-order valence-corrected chi connectivity index (χ1v) is 13.7. The van der Waals surface area contributed by atoms with E-state index in [-0.39, 0.29) is 0 Å². The van der Waals surface area contributed by atoms with Crippen LogP contribution in [0, 0.1) is 6.92 Å². The lowest BCUT2D eigenvalue weighted by atomic mass is 9.77. The fourth-order valence-corrected chi connectivity index (χ4v) is 5.78. The predicted molar refractivity (Wildman–Crippen MR) is 163 cm³/mol. The minimum absolute atomic E-state index is 0.656. The summed E-state index contributed by atoms with van der Waals surface area (Å²) in [6.45, 7) is 2.10. The van der Waals surface area contributed by atoms with E-state index in [1.807, 2.05) is 35.0 Å². The van der Waals surface area contributed by atoms with E-state index in [1.165, 1.54) is 5.56 Å². The van der Waals surface area contributed by atoms with Crippen LogP contribution in [0.5, 0.6) is 0 Å². The van der Waals surface area contributed by atoms with Crippen LogP contribution < -0.4 is 0 Å². The lowest BCUT2D eigenvalue weighted by Crippen LogP contribution is -2.39. The molecule has 0 saturated carbocycles. The number of pyridine rings is 1. The summed E-state index contributed by atoms with van der Waals surface area (Å²) >= 11 is 0. The Morgan fingerprint density at radius 2 is 1.12 bits per heavy atom. The van der Waals surface area contributed by atoms with Crippen molar-refractivity contribution in [2.45, 2.75) is 12.5 Å². The quantitative estimate of drug-likeness (QED) is 0.207. The largest absolute Gasteiger partial charge is 0.248 e. The van der Waals surface area contributed by atoms with Crippen LogP contribution in [0.1, 0.15) is 22.3 Å². The number of hydrogen-bond acceptors (Lipinski definition) is 4. The third kappa shape index (κ3) is 4.19. The second-order valence-corrected chi connectivity index (χ2v) is 10.2. The summed E-state index contributed by atoms with van der Waals surface area (Å²) in [5.74, 6) is 0.656. The monoisotopic (exact) mass is 529 g/mol. The summed E-state index contributed by atoms with van der Waals surface area (Å²) in [4.78, 5) is 5.05. The van der Waals surface area contributed by atoms with Crippen molar-refractivity contribution in [3.63, 3.8) is 0 Å². The van der Waals surface area contributed by atoms with Crippen LogP contribution in [0.2, 0.25) is 0 Å². The number of aromatic nitrogens is 5. The highest BCUT2D eigenvalue weighted by Crippen LogP contribution is 2.43. The van der Waals surface area contributed by atoms with E-state index in [2.05, 4.69) is 132 Å². The van der Waals surface area contributed by atoms with Crippen molar-refractivity contribution in [3.05, 3.63) is 168 Å². The highest BCUT2D eigenvalue weighted by molar-refractivity contribution is 5.85. The van der Waals surface area contributed by atoms with Gasteiger partial charge in [-0.15, -0.1) is 5.10 Å². The fraction of sp³-hybridized carbons (Fsp3) is 0.0556. The maximum atomic E-state index is 5.05. The molecule has 5 nitrogen and oxygen atoms in total. The van der Waals surface area contributed by atoms with E-state index in [1.54, 1.807) is 0 Å². The van der Waals surface area contributed by atoms with Crippen LogP contribution in [0.25, 0.3) is 33.5 Å². The summed E-state index contributed by atoms with van der Waals surface area (Å²) in [6, 6.07) is 50.1. The molecule has 0 saturated heterocycles. The van der Waals surface area contributed by atoms with Gasteiger partial charge in [-0.3, -0.25) is 0 Å². The van der Waals surface area contributed by atoms with Crippen LogP contribution in [-0.4, -0.2) is 25.2 Å². The van der Waals surface area contributed by atoms with Gasteiger partial charge in [-0.1, -0.05) is 133 Å². The topological polar surface area (TPSA) is 56.5 Å². The number of rotatable bonds is 6. The maximum Gasteiger partial charge on any atom is 0.184 e. The van der Waals surface area contributed by atoms with E-state index in [0.717, 1.165) is 44.4 Å². The van der Waals surface area contributed by atoms with Gasteiger partial charge in [-0.25, -0.2) is 9.67 Å². The molecule has 41 heavy (non-hydrogen) atoms. The fourth-order valence-electron chi connectivity index (χ4n) is 5.78. The average molecular weight is 530 g/mol. The summed E-state index contributed by atoms with van der Waals surface area (Å²) in [7, 11) is 0. The van der Waals surface area contributed by atoms with Crippen LogP contribution in [0.3, 0.4) is 0 Å². The van der Waals surface area contributed by atoms with Gasteiger partial charge >= 0.3 is 0 Å². The molecule has 5 aromatic carbocycles. The van der Waals surface area contributed by atoms with Crippen molar-refractivity contribution in [3.8, 4) is 22.6 Å². The second-order valence-electron chi connectivity index (χ2n) is 10.2. The summed E-state index contributed by atoms with van der Waals surface area (Å²) < 4.78 is 1.97. The van der Waals surface area contributed by atoms with E-state index in [4.69, 9.17) is 10.2 Å². The first kappa shape index (κ1) is 24.6. The van der Waals surface area contributed by atoms with Crippen molar-refractivity contribution in [2.24, 2.45) is 0 Å². The Hall–Kier alpha value is -5.42. The lowest BCUT2D eigenvalue weighted by molar-refractivity contribution is 0.451. The van der Waals surface area contributed by atoms with Crippen LogP contribution in [0.4, 0.5) is 0 Å². The molecule has 0 fully saturated rings. The van der Waals surface area contributed by atoms with Gasteiger partial charge in [0, 0.05) is 16.5 Å². The zero-order valence-electron chi connectivity index (χ0n) is 22.6. The molecule has 7 aromatic rings. The van der Waals surface area contributed by atoms with Crippen molar-refractivity contribution in [1.29, 1.82) is 0 Å². The lowest BCUT2D eigenvalue weighted by Gasteiger charge is -2.36. The second kappa shape index (κ2) is 10.3. The average Bonchev–Trinajstić information content (AvgIpc) is 3.53. The van der Waals surface area contributed by atoms with Gasteiger partial charge in [0.2, 0.25) is 0 Å². The molecule has 0 radical (unpaired) electrons. The molecule has 0 N–H and O–H groups in total. The first-order valence-electron chi connectivity index (χ1n) is 13.7. The normalized spacial score (nSPS) is 11.5. The Kier molecular flexibility index (Phi) is 6.17. The smallest absolute Gasteiger partial charge is 0.184 e. The highest BCUT2D eigenvalue weighted by atomic mass is 15.6. The van der Waals surface area contributed by atoms with E-state index in [0.29, 0.717) is 5.82 Å². The number of hydrogen-bond donors (Lipinski definition) is 0. The Bertz CT molecular complexity index is 1850. The Morgan fingerprint density at radius 1 is 0.561 bits per heavy atom. The van der Waals surface area contributed by atoms with E-state index in [9.17, 15) is 0 Å². The Labute approximate surface area is 238 Å². The van der Waals surface area contributed by atoms with Crippen LogP contribution in [-0.2, 0) is 5.54 Å². The van der Waals surface area contributed by atoms with Gasteiger partial charge in [0.15, 0.2) is 5.82 Å². The molecule has 0 atom stereocenters. The van der Waals surface area contributed by atoms with E-state index < -0.39 is 5.54 Å². The zero-order valence-corrected chi connectivity index (χ0v) is 22.6.